The first-order valence-electron chi connectivity index (χ1n) is 5.49. The molecule has 1 amide bonds. The Labute approximate surface area is 111 Å². The van der Waals surface area contributed by atoms with Crippen LogP contribution in [0, 0.1) is 0 Å². The summed E-state index contributed by atoms with van der Waals surface area (Å²) in [7, 11) is 0. The standard InChI is InChI=1S/C12H16Cl2N2O/c1-2-9(15)7-16-12(17)6-8-3-4-10(13)11(14)5-8/h3-5,9H,2,6-7,15H2,1H3,(H,16,17). The molecule has 0 fully saturated rings. The van der Waals surface area contributed by atoms with Crippen molar-refractivity contribution in [3.8, 4) is 0 Å². The fourth-order valence-corrected chi connectivity index (χ4v) is 1.61. The van der Waals surface area contributed by atoms with Gasteiger partial charge in [-0.1, -0.05) is 36.2 Å². The summed E-state index contributed by atoms with van der Waals surface area (Å²) in [5.74, 6) is -0.0627. The first-order chi connectivity index (χ1) is 8.02. The van der Waals surface area contributed by atoms with Gasteiger partial charge in [-0.3, -0.25) is 4.79 Å². The molecular formula is C12H16Cl2N2O. The van der Waals surface area contributed by atoms with Crippen LogP contribution in [0.15, 0.2) is 18.2 Å². The van der Waals surface area contributed by atoms with E-state index in [1.807, 2.05) is 6.92 Å². The molecule has 5 heteroatoms. The molecule has 3 nitrogen and oxygen atoms in total. The van der Waals surface area contributed by atoms with Crippen molar-refractivity contribution >= 4 is 29.1 Å². The number of hydrogen-bond acceptors (Lipinski definition) is 2. The molecule has 0 aliphatic carbocycles. The fraction of sp³-hybridized carbons (Fsp3) is 0.417. The Morgan fingerprint density at radius 2 is 2.12 bits per heavy atom. The number of carbonyl (C=O) groups is 1. The molecule has 0 aliphatic heterocycles. The summed E-state index contributed by atoms with van der Waals surface area (Å²) >= 11 is 11.7. The van der Waals surface area contributed by atoms with Gasteiger partial charge in [-0.2, -0.15) is 0 Å². The van der Waals surface area contributed by atoms with Crippen LogP contribution < -0.4 is 11.1 Å². The summed E-state index contributed by atoms with van der Waals surface area (Å²) in [6, 6.07) is 5.17. The van der Waals surface area contributed by atoms with Crippen molar-refractivity contribution in [3.63, 3.8) is 0 Å². The lowest BCUT2D eigenvalue weighted by Crippen LogP contribution is -2.37. The number of nitrogens with two attached hydrogens (primary N) is 1. The van der Waals surface area contributed by atoms with E-state index in [-0.39, 0.29) is 18.4 Å². The molecule has 1 unspecified atom stereocenters. The molecule has 0 spiro atoms. The van der Waals surface area contributed by atoms with Gasteiger partial charge >= 0.3 is 0 Å². The first-order valence-corrected chi connectivity index (χ1v) is 6.24. The molecule has 0 saturated heterocycles. The maximum Gasteiger partial charge on any atom is 0.224 e. The number of nitrogens with one attached hydrogen (secondary N) is 1. The summed E-state index contributed by atoms with van der Waals surface area (Å²) in [4.78, 5) is 11.6. The minimum atomic E-state index is -0.0627. The molecule has 0 saturated carbocycles. The second-order valence-electron chi connectivity index (χ2n) is 3.90. The minimum absolute atomic E-state index is 0.00718. The molecule has 0 heterocycles. The van der Waals surface area contributed by atoms with Gasteiger partial charge in [0.25, 0.3) is 0 Å². The van der Waals surface area contributed by atoms with Crippen molar-refractivity contribution in [1.29, 1.82) is 0 Å². The third-order valence-corrected chi connectivity index (χ3v) is 3.17. The molecule has 1 aromatic carbocycles. The lowest BCUT2D eigenvalue weighted by Gasteiger charge is -2.10. The SMILES string of the molecule is CCC(N)CNC(=O)Cc1ccc(Cl)c(Cl)c1. The molecule has 1 atom stereocenters. The van der Waals surface area contributed by atoms with E-state index < -0.39 is 0 Å². The van der Waals surface area contributed by atoms with E-state index in [9.17, 15) is 4.79 Å². The molecule has 0 radical (unpaired) electrons. The highest BCUT2D eigenvalue weighted by Crippen LogP contribution is 2.22. The third-order valence-electron chi connectivity index (χ3n) is 2.43. The van der Waals surface area contributed by atoms with Crippen LogP contribution in [0.4, 0.5) is 0 Å². The highest BCUT2D eigenvalue weighted by Gasteiger charge is 2.07. The van der Waals surface area contributed by atoms with Gasteiger partial charge in [-0.25, -0.2) is 0 Å². The number of halogens is 2. The Morgan fingerprint density at radius 1 is 1.41 bits per heavy atom. The van der Waals surface area contributed by atoms with E-state index in [2.05, 4.69) is 5.32 Å². The van der Waals surface area contributed by atoms with Crippen LogP contribution in [0.25, 0.3) is 0 Å². The zero-order valence-corrected chi connectivity index (χ0v) is 11.2. The summed E-state index contributed by atoms with van der Waals surface area (Å²) in [6.07, 6.45) is 1.13. The maximum atomic E-state index is 11.6. The Bertz CT molecular complexity index is 396. The van der Waals surface area contributed by atoms with E-state index in [0.29, 0.717) is 16.6 Å². The molecular weight excluding hydrogens is 259 g/mol. The van der Waals surface area contributed by atoms with Crippen molar-refractivity contribution in [3.05, 3.63) is 33.8 Å². The predicted octanol–water partition coefficient (Wildman–Crippen LogP) is 2.39. The Morgan fingerprint density at radius 3 is 2.71 bits per heavy atom. The van der Waals surface area contributed by atoms with Gasteiger partial charge in [0.15, 0.2) is 0 Å². The predicted molar refractivity (Wildman–Crippen MR) is 71.4 cm³/mol. The van der Waals surface area contributed by atoms with E-state index in [4.69, 9.17) is 28.9 Å². The number of hydrogen-bond donors (Lipinski definition) is 2. The number of rotatable bonds is 5. The summed E-state index contributed by atoms with van der Waals surface area (Å²) in [5, 5.41) is 3.73. The van der Waals surface area contributed by atoms with Gasteiger partial charge in [0, 0.05) is 12.6 Å². The normalized spacial score (nSPS) is 12.2. The lowest BCUT2D eigenvalue weighted by molar-refractivity contribution is -0.120. The van der Waals surface area contributed by atoms with Crippen LogP contribution in [0.2, 0.25) is 10.0 Å². The smallest absolute Gasteiger partial charge is 0.224 e. The summed E-state index contributed by atoms with van der Waals surface area (Å²) < 4.78 is 0. The van der Waals surface area contributed by atoms with E-state index in [0.717, 1.165) is 12.0 Å². The van der Waals surface area contributed by atoms with Gasteiger partial charge in [-0.15, -0.1) is 0 Å². The molecule has 1 aromatic rings. The van der Waals surface area contributed by atoms with Gasteiger partial charge in [0.1, 0.15) is 0 Å². The van der Waals surface area contributed by atoms with E-state index >= 15 is 0 Å². The largest absolute Gasteiger partial charge is 0.354 e. The number of amides is 1. The van der Waals surface area contributed by atoms with Crippen molar-refractivity contribution in [1.82, 2.24) is 5.32 Å². The van der Waals surface area contributed by atoms with Crippen molar-refractivity contribution in [2.24, 2.45) is 5.73 Å². The highest BCUT2D eigenvalue weighted by atomic mass is 35.5. The van der Waals surface area contributed by atoms with Crippen molar-refractivity contribution < 1.29 is 4.79 Å². The molecule has 94 valence electrons. The van der Waals surface area contributed by atoms with Crippen molar-refractivity contribution in [2.45, 2.75) is 25.8 Å². The second kappa shape index (κ2) is 6.84. The van der Waals surface area contributed by atoms with Crippen LogP contribution in [-0.4, -0.2) is 18.5 Å². The fourth-order valence-electron chi connectivity index (χ4n) is 1.29. The average Bonchev–Trinajstić information content (AvgIpc) is 2.31. The average molecular weight is 275 g/mol. The van der Waals surface area contributed by atoms with Gasteiger partial charge in [0.05, 0.1) is 16.5 Å². The zero-order valence-electron chi connectivity index (χ0n) is 9.67. The van der Waals surface area contributed by atoms with E-state index in [1.54, 1.807) is 18.2 Å². The van der Waals surface area contributed by atoms with Crippen LogP contribution in [0.1, 0.15) is 18.9 Å². The van der Waals surface area contributed by atoms with Crippen LogP contribution in [0.3, 0.4) is 0 Å². The molecule has 0 aliphatic rings. The van der Waals surface area contributed by atoms with Crippen LogP contribution >= 0.6 is 23.2 Å². The van der Waals surface area contributed by atoms with Crippen LogP contribution in [0.5, 0.6) is 0 Å². The molecule has 1 rings (SSSR count). The van der Waals surface area contributed by atoms with E-state index in [1.165, 1.54) is 0 Å². The third kappa shape index (κ3) is 4.94. The highest BCUT2D eigenvalue weighted by molar-refractivity contribution is 6.42. The zero-order chi connectivity index (χ0) is 12.8. The minimum Gasteiger partial charge on any atom is -0.354 e. The lowest BCUT2D eigenvalue weighted by atomic mass is 10.1. The van der Waals surface area contributed by atoms with Crippen molar-refractivity contribution in [2.75, 3.05) is 6.54 Å². The monoisotopic (exact) mass is 274 g/mol. The van der Waals surface area contributed by atoms with Crippen LogP contribution in [-0.2, 0) is 11.2 Å². The first kappa shape index (κ1) is 14.3. The molecule has 17 heavy (non-hydrogen) atoms. The quantitative estimate of drug-likeness (QED) is 0.866. The maximum absolute atomic E-state index is 11.6. The Hall–Kier alpha value is -0.770. The topological polar surface area (TPSA) is 55.1 Å². The van der Waals surface area contributed by atoms with Gasteiger partial charge < -0.3 is 11.1 Å². The molecule has 0 aromatic heterocycles. The van der Waals surface area contributed by atoms with Gasteiger partial charge in [0.2, 0.25) is 5.91 Å². The Kier molecular flexibility index (Phi) is 5.75. The summed E-state index contributed by atoms with van der Waals surface area (Å²) in [6.45, 7) is 2.48. The van der Waals surface area contributed by atoms with Gasteiger partial charge in [-0.05, 0) is 24.1 Å². The molecule has 0 bridgehead atoms. The number of benzene rings is 1. The second-order valence-corrected chi connectivity index (χ2v) is 4.71. The summed E-state index contributed by atoms with van der Waals surface area (Å²) in [5.41, 5.74) is 6.54. The number of carbonyl (C=O) groups excluding carboxylic acids is 1. The molecule has 3 N–H and O–H groups in total. The Balaban J connectivity index is 2.48.